The molecule has 1 aliphatic carbocycles. The predicted molar refractivity (Wildman–Crippen MR) is 84.4 cm³/mol. The van der Waals surface area contributed by atoms with Crippen molar-refractivity contribution in [1.82, 2.24) is 0 Å². The average Bonchev–Trinajstić information content (AvgIpc) is 2.91. The van der Waals surface area contributed by atoms with Gasteiger partial charge in [-0.2, -0.15) is 0 Å². The van der Waals surface area contributed by atoms with E-state index in [-0.39, 0.29) is 18.5 Å². The summed E-state index contributed by atoms with van der Waals surface area (Å²) < 4.78 is 6.75. The van der Waals surface area contributed by atoms with E-state index in [2.05, 4.69) is 34.1 Å². The maximum Gasteiger partial charge on any atom is 0.199 e. The molecule has 2 nitrogen and oxygen atoms in total. The molecule has 4 heteroatoms. The van der Waals surface area contributed by atoms with Crippen molar-refractivity contribution in [3.63, 3.8) is 0 Å². The second-order valence-corrected chi connectivity index (χ2v) is 6.68. The Bertz CT molecular complexity index is 620. The molecule has 1 aromatic carbocycles. The lowest BCUT2D eigenvalue weighted by atomic mass is 9.89. The van der Waals surface area contributed by atoms with E-state index in [0.29, 0.717) is 0 Å². The molecule has 0 spiro atoms. The van der Waals surface area contributed by atoms with Gasteiger partial charge in [0, 0.05) is 4.47 Å². The molecule has 1 aromatic heterocycles. The van der Waals surface area contributed by atoms with Gasteiger partial charge in [-0.05, 0) is 57.8 Å². The largest absolute Gasteiger partial charge is 0.365 e. The van der Waals surface area contributed by atoms with Crippen LogP contribution >= 0.6 is 27.3 Å². The summed E-state index contributed by atoms with van der Waals surface area (Å²) in [7, 11) is 0. The third-order valence-electron chi connectivity index (χ3n) is 3.60. The van der Waals surface area contributed by atoms with Crippen LogP contribution in [-0.2, 0) is 11.2 Å². The number of rotatable bonds is 4. The summed E-state index contributed by atoms with van der Waals surface area (Å²) >= 11 is 4.85. The van der Waals surface area contributed by atoms with Gasteiger partial charge in [-0.15, -0.1) is 11.3 Å². The zero-order chi connectivity index (χ0) is 13.9. The molecule has 1 heterocycles. The first-order chi connectivity index (χ1) is 9.75. The molecule has 0 N–H and O–H groups in total. The third-order valence-corrected chi connectivity index (χ3v) is 5.48. The fourth-order valence-electron chi connectivity index (χ4n) is 2.62. The second kappa shape index (κ2) is 6.20. The maximum absolute atomic E-state index is 12.1. The molecule has 1 unspecified atom stereocenters. The number of thiophene rings is 1. The van der Waals surface area contributed by atoms with E-state index in [4.69, 9.17) is 4.74 Å². The number of Topliss-reactive ketones (excluding diaryl/α,β-unsaturated/α-hetero) is 1. The van der Waals surface area contributed by atoms with Gasteiger partial charge in [0.2, 0.25) is 0 Å². The van der Waals surface area contributed by atoms with Crippen LogP contribution in [0.1, 0.15) is 39.7 Å². The molecule has 2 aromatic rings. The Morgan fingerprint density at radius 3 is 3.00 bits per heavy atom. The highest BCUT2D eigenvalue weighted by Crippen LogP contribution is 2.32. The number of carbonyl (C=O) groups excluding carboxylic acids is 1. The summed E-state index contributed by atoms with van der Waals surface area (Å²) in [6.07, 6.45) is 3.29. The van der Waals surface area contributed by atoms with Crippen LogP contribution in [0.4, 0.5) is 0 Å². The van der Waals surface area contributed by atoms with Crippen LogP contribution < -0.4 is 0 Å². The maximum atomic E-state index is 12.1. The first-order valence-electron chi connectivity index (χ1n) is 6.71. The van der Waals surface area contributed by atoms with E-state index >= 15 is 0 Å². The van der Waals surface area contributed by atoms with Crippen molar-refractivity contribution in [3.8, 4) is 0 Å². The summed E-state index contributed by atoms with van der Waals surface area (Å²) in [5.74, 6) is 0.0509. The summed E-state index contributed by atoms with van der Waals surface area (Å²) in [5, 5.41) is 1.91. The molecule has 0 saturated carbocycles. The SMILES string of the molecule is O=C(COC1CCCc2ccccc21)c1sccc1Br. The zero-order valence-corrected chi connectivity index (χ0v) is 13.4. The van der Waals surface area contributed by atoms with Gasteiger partial charge in [-0.1, -0.05) is 24.3 Å². The smallest absolute Gasteiger partial charge is 0.199 e. The molecule has 0 radical (unpaired) electrons. The molecule has 0 fully saturated rings. The Hall–Kier alpha value is -0.970. The summed E-state index contributed by atoms with van der Waals surface area (Å²) in [6, 6.07) is 10.3. The normalized spacial score (nSPS) is 17.8. The first-order valence-corrected chi connectivity index (χ1v) is 8.38. The Morgan fingerprint density at radius 1 is 1.35 bits per heavy atom. The van der Waals surface area contributed by atoms with Crippen LogP contribution in [0.5, 0.6) is 0 Å². The van der Waals surface area contributed by atoms with E-state index < -0.39 is 0 Å². The van der Waals surface area contributed by atoms with E-state index in [1.54, 1.807) is 0 Å². The lowest BCUT2D eigenvalue weighted by Gasteiger charge is -2.25. The third kappa shape index (κ3) is 2.87. The Labute approximate surface area is 130 Å². The number of aryl methyl sites for hydroxylation is 1. The van der Waals surface area contributed by atoms with Crippen LogP contribution in [-0.4, -0.2) is 12.4 Å². The van der Waals surface area contributed by atoms with Crippen LogP contribution in [0.2, 0.25) is 0 Å². The highest BCUT2D eigenvalue weighted by atomic mass is 79.9. The standard InChI is InChI=1S/C16H15BrO2S/c17-13-8-9-20-16(13)14(18)10-19-15-7-3-5-11-4-1-2-6-12(11)15/h1-2,4,6,8-9,15H,3,5,7,10H2. The number of hydrogen-bond acceptors (Lipinski definition) is 3. The molecule has 0 aliphatic heterocycles. The minimum absolute atomic E-state index is 0.0509. The van der Waals surface area contributed by atoms with Crippen molar-refractivity contribution in [2.45, 2.75) is 25.4 Å². The number of hydrogen-bond donors (Lipinski definition) is 0. The number of fused-ring (bicyclic) bond motifs is 1. The molecular weight excluding hydrogens is 336 g/mol. The Kier molecular flexibility index (Phi) is 4.34. The zero-order valence-electron chi connectivity index (χ0n) is 11.0. The van der Waals surface area contributed by atoms with E-state index in [1.165, 1.54) is 22.5 Å². The molecular formula is C16H15BrO2S. The number of ketones is 1. The molecule has 0 amide bonds. The monoisotopic (exact) mass is 350 g/mol. The van der Waals surface area contributed by atoms with Crippen molar-refractivity contribution in [2.75, 3.05) is 6.61 Å². The van der Waals surface area contributed by atoms with Crippen molar-refractivity contribution in [1.29, 1.82) is 0 Å². The van der Waals surface area contributed by atoms with Crippen LogP contribution in [0.25, 0.3) is 0 Å². The van der Waals surface area contributed by atoms with Crippen LogP contribution in [0.3, 0.4) is 0 Å². The second-order valence-electron chi connectivity index (χ2n) is 4.91. The molecule has 3 rings (SSSR count). The van der Waals surface area contributed by atoms with Gasteiger partial charge in [-0.3, -0.25) is 4.79 Å². The van der Waals surface area contributed by atoms with Gasteiger partial charge in [0.05, 0.1) is 11.0 Å². The molecule has 1 aliphatic rings. The molecule has 20 heavy (non-hydrogen) atoms. The average molecular weight is 351 g/mol. The highest BCUT2D eigenvalue weighted by molar-refractivity contribution is 9.10. The first kappa shape index (κ1) is 14.0. The number of benzene rings is 1. The summed E-state index contributed by atoms with van der Waals surface area (Å²) in [5.41, 5.74) is 2.60. The lowest BCUT2D eigenvalue weighted by Crippen LogP contribution is -2.17. The van der Waals surface area contributed by atoms with Crippen molar-refractivity contribution >= 4 is 33.0 Å². The fourth-order valence-corrected chi connectivity index (χ4v) is 4.14. The van der Waals surface area contributed by atoms with E-state index in [9.17, 15) is 4.79 Å². The van der Waals surface area contributed by atoms with Gasteiger partial charge < -0.3 is 4.74 Å². The van der Waals surface area contributed by atoms with E-state index in [0.717, 1.165) is 28.6 Å². The minimum atomic E-state index is 0.0509. The highest BCUT2D eigenvalue weighted by Gasteiger charge is 2.22. The van der Waals surface area contributed by atoms with Gasteiger partial charge in [0.25, 0.3) is 0 Å². The molecule has 0 saturated heterocycles. The van der Waals surface area contributed by atoms with Gasteiger partial charge in [0.15, 0.2) is 5.78 Å². The van der Waals surface area contributed by atoms with Crippen molar-refractivity contribution < 1.29 is 9.53 Å². The predicted octanol–water partition coefficient (Wildman–Crippen LogP) is 4.79. The molecule has 1 atom stereocenters. The van der Waals surface area contributed by atoms with Crippen LogP contribution in [0.15, 0.2) is 40.2 Å². The van der Waals surface area contributed by atoms with Gasteiger partial charge in [-0.25, -0.2) is 0 Å². The lowest BCUT2D eigenvalue weighted by molar-refractivity contribution is 0.0374. The quantitative estimate of drug-likeness (QED) is 0.741. The molecule has 0 bridgehead atoms. The Balaban J connectivity index is 1.68. The summed E-state index contributed by atoms with van der Waals surface area (Å²) in [6.45, 7) is 0.151. The van der Waals surface area contributed by atoms with Gasteiger partial charge in [0.1, 0.15) is 6.61 Å². The fraction of sp³-hybridized carbons (Fsp3) is 0.312. The topological polar surface area (TPSA) is 26.3 Å². The summed E-state index contributed by atoms with van der Waals surface area (Å²) in [4.78, 5) is 12.9. The number of halogens is 1. The minimum Gasteiger partial charge on any atom is -0.365 e. The van der Waals surface area contributed by atoms with Crippen LogP contribution in [0, 0.1) is 0 Å². The van der Waals surface area contributed by atoms with Crippen molar-refractivity contribution in [3.05, 3.63) is 56.2 Å². The van der Waals surface area contributed by atoms with Crippen molar-refractivity contribution in [2.24, 2.45) is 0 Å². The number of ether oxygens (including phenoxy) is 1. The molecule has 104 valence electrons. The van der Waals surface area contributed by atoms with Gasteiger partial charge >= 0.3 is 0 Å². The van der Waals surface area contributed by atoms with E-state index in [1.807, 2.05) is 17.5 Å². The number of carbonyl (C=O) groups is 1. The Morgan fingerprint density at radius 2 is 2.20 bits per heavy atom.